The Morgan fingerprint density at radius 3 is 2.80 bits per heavy atom. The average molecular weight is 270 g/mol. The molecule has 0 unspecified atom stereocenters. The average Bonchev–Trinajstić information content (AvgIpc) is 3.06. The summed E-state index contributed by atoms with van der Waals surface area (Å²) in [4.78, 5) is 12.4. The molecule has 3 aromatic rings. The molecule has 0 atom stereocenters. The highest BCUT2D eigenvalue weighted by Gasteiger charge is 2.22. The summed E-state index contributed by atoms with van der Waals surface area (Å²) in [6.45, 7) is 1.80. The molecule has 1 saturated heterocycles. The van der Waals surface area contributed by atoms with Crippen LogP contribution in [-0.4, -0.2) is 48.2 Å². The third kappa shape index (κ3) is 1.84. The minimum atomic E-state index is 0.311. The molecule has 0 aromatic carbocycles. The van der Waals surface area contributed by atoms with Crippen molar-refractivity contribution in [1.82, 2.24) is 40.4 Å². The predicted octanol–water partition coefficient (Wildman–Crippen LogP) is -0.0706. The Hall–Kier alpha value is -2.68. The second kappa shape index (κ2) is 4.46. The van der Waals surface area contributed by atoms with Gasteiger partial charge in [0.05, 0.1) is 12.2 Å². The summed E-state index contributed by atoms with van der Waals surface area (Å²) < 4.78 is 6.98. The van der Waals surface area contributed by atoms with E-state index in [9.17, 15) is 0 Å². The standard InChI is InChI=1S/C11H10N8O/c1-2-13-9(14-3-1)10-15-11(20-17-10)8-6-19(18-16-8)7-4-12-5-7/h1-3,6-7,12H,4-5H2. The Kier molecular flexibility index (Phi) is 2.49. The molecule has 1 N–H and O–H groups in total. The van der Waals surface area contributed by atoms with Gasteiger partial charge in [-0.05, 0) is 6.07 Å². The highest BCUT2D eigenvalue weighted by Crippen LogP contribution is 2.19. The van der Waals surface area contributed by atoms with Crippen molar-refractivity contribution in [2.24, 2.45) is 0 Å². The van der Waals surface area contributed by atoms with Crippen molar-refractivity contribution < 1.29 is 4.52 Å². The second-order valence-corrected chi connectivity index (χ2v) is 4.39. The lowest BCUT2D eigenvalue weighted by molar-refractivity contribution is 0.313. The summed E-state index contributed by atoms with van der Waals surface area (Å²) >= 11 is 0. The van der Waals surface area contributed by atoms with Crippen LogP contribution in [0.5, 0.6) is 0 Å². The number of aromatic nitrogens is 7. The zero-order chi connectivity index (χ0) is 13.4. The maximum absolute atomic E-state index is 5.18. The van der Waals surface area contributed by atoms with Crippen LogP contribution in [-0.2, 0) is 0 Å². The van der Waals surface area contributed by atoms with Crippen LogP contribution in [0.1, 0.15) is 6.04 Å². The number of hydrogen-bond acceptors (Lipinski definition) is 8. The van der Waals surface area contributed by atoms with Crippen molar-refractivity contribution in [1.29, 1.82) is 0 Å². The fourth-order valence-corrected chi connectivity index (χ4v) is 1.85. The van der Waals surface area contributed by atoms with E-state index in [4.69, 9.17) is 4.52 Å². The summed E-state index contributed by atoms with van der Waals surface area (Å²) in [5.41, 5.74) is 0.548. The quantitative estimate of drug-likeness (QED) is 0.704. The number of nitrogens with zero attached hydrogens (tertiary/aromatic N) is 7. The van der Waals surface area contributed by atoms with E-state index in [1.54, 1.807) is 29.3 Å². The highest BCUT2D eigenvalue weighted by atomic mass is 16.5. The van der Waals surface area contributed by atoms with Gasteiger partial charge in [-0.1, -0.05) is 10.4 Å². The Morgan fingerprint density at radius 1 is 1.20 bits per heavy atom. The molecule has 0 radical (unpaired) electrons. The van der Waals surface area contributed by atoms with Crippen LogP contribution in [0, 0.1) is 0 Å². The van der Waals surface area contributed by atoms with Gasteiger partial charge in [0, 0.05) is 25.5 Å². The zero-order valence-corrected chi connectivity index (χ0v) is 10.3. The fourth-order valence-electron chi connectivity index (χ4n) is 1.85. The summed E-state index contributed by atoms with van der Waals surface area (Å²) in [6.07, 6.45) is 5.05. The summed E-state index contributed by atoms with van der Waals surface area (Å²) in [7, 11) is 0. The van der Waals surface area contributed by atoms with Crippen molar-refractivity contribution in [2.45, 2.75) is 6.04 Å². The van der Waals surface area contributed by atoms with Crippen LogP contribution < -0.4 is 5.32 Å². The van der Waals surface area contributed by atoms with E-state index >= 15 is 0 Å². The predicted molar refractivity (Wildman–Crippen MR) is 66.2 cm³/mol. The van der Waals surface area contributed by atoms with E-state index in [1.165, 1.54) is 0 Å². The van der Waals surface area contributed by atoms with Gasteiger partial charge in [-0.15, -0.1) is 5.10 Å². The Balaban J connectivity index is 1.63. The monoisotopic (exact) mass is 270 g/mol. The number of hydrogen-bond donors (Lipinski definition) is 1. The minimum absolute atomic E-state index is 0.311. The number of rotatable bonds is 3. The van der Waals surface area contributed by atoms with Gasteiger partial charge in [-0.3, -0.25) is 0 Å². The van der Waals surface area contributed by atoms with Crippen molar-refractivity contribution >= 4 is 0 Å². The molecule has 9 nitrogen and oxygen atoms in total. The summed E-state index contributed by atoms with van der Waals surface area (Å²) in [6, 6.07) is 2.07. The van der Waals surface area contributed by atoms with Crippen LogP contribution in [0.2, 0.25) is 0 Å². The highest BCUT2D eigenvalue weighted by molar-refractivity contribution is 5.49. The lowest BCUT2D eigenvalue weighted by Gasteiger charge is -2.26. The molecule has 0 saturated carbocycles. The molecule has 0 spiro atoms. The molecule has 4 rings (SSSR count). The molecule has 0 bridgehead atoms. The molecular formula is C11H10N8O. The van der Waals surface area contributed by atoms with E-state index in [-0.39, 0.29) is 0 Å². The van der Waals surface area contributed by atoms with E-state index in [0.29, 0.717) is 29.3 Å². The van der Waals surface area contributed by atoms with Crippen molar-refractivity contribution in [2.75, 3.05) is 13.1 Å². The van der Waals surface area contributed by atoms with Gasteiger partial charge in [-0.25, -0.2) is 14.6 Å². The molecular weight excluding hydrogens is 260 g/mol. The number of nitrogens with one attached hydrogen (secondary N) is 1. The summed E-state index contributed by atoms with van der Waals surface area (Å²) in [5, 5.41) is 15.1. The van der Waals surface area contributed by atoms with Crippen molar-refractivity contribution in [3.63, 3.8) is 0 Å². The first kappa shape index (κ1) is 11.2. The maximum Gasteiger partial charge on any atom is 0.280 e. The largest absolute Gasteiger partial charge is 0.332 e. The molecule has 20 heavy (non-hydrogen) atoms. The molecule has 1 fully saturated rings. The van der Waals surface area contributed by atoms with E-state index < -0.39 is 0 Å². The van der Waals surface area contributed by atoms with Gasteiger partial charge in [0.1, 0.15) is 0 Å². The first-order chi connectivity index (χ1) is 9.90. The third-order valence-corrected chi connectivity index (χ3v) is 3.06. The van der Waals surface area contributed by atoms with E-state index in [1.807, 2.05) is 0 Å². The van der Waals surface area contributed by atoms with Gasteiger partial charge in [0.2, 0.25) is 11.6 Å². The van der Waals surface area contributed by atoms with E-state index in [2.05, 4.69) is 35.7 Å². The molecule has 0 aliphatic carbocycles. The van der Waals surface area contributed by atoms with Gasteiger partial charge in [0.25, 0.3) is 5.89 Å². The van der Waals surface area contributed by atoms with Crippen molar-refractivity contribution in [3.05, 3.63) is 24.7 Å². The van der Waals surface area contributed by atoms with Crippen LogP contribution in [0.4, 0.5) is 0 Å². The molecule has 100 valence electrons. The first-order valence-corrected chi connectivity index (χ1v) is 6.14. The first-order valence-electron chi connectivity index (χ1n) is 6.14. The SMILES string of the molecule is c1cnc(-c2noc(-c3cn(C4CNC4)nn3)n2)nc1. The lowest BCUT2D eigenvalue weighted by Crippen LogP contribution is -2.43. The van der Waals surface area contributed by atoms with Crippen LogP contribution >= 0.6 is 0 Å². The fraction of sp³-hybridized carbons (Fsp3) is 0.273. The molecule has 0 amide bonds. The Bertz CT molecular complexity index is 717. The molecule has 9 heteroatoms. The van der Waals surface area contributed by atoms with Gasteiger partial charge in [-0.2, -0.15) is 4.98 Å². The topological polar surface area (TPSA) is 107 Å². The second-order valence-electron chi connectivity index (χ2n) is 4.39. The minimum Gasteiger partial charge on any atom is -0.332 e. The van der Waals surface area contributed by atoms with E-state index in [0.717, 1.165) is 13.1 Å². The molecule has 4 heterocycles. The van der Waals surface area contributed by atoms with Crippen LogP contribution in [0.25, 0.3) is 23.2 Å². The molecule has 3 aromatic heterocycles. The molecule has 1 aliphatic rings. The van der Waals surface area contributed by atoms with Crippen molar-refractivity contribution in [3.8, 4) is 23.2 Å². The van der Waals surface area contributed by atoms with Crippen LogP contribution in [0.3, 0.4) is 0 Å². The Morgan fingerprint density at radius 2 is 2.05 bits per heavy atom. The third-order valence-electron chi connectivity index (χ3n) is 3.06. The smallest absolute Gasteiger partial charge is 0.280 e. The zero-order valence-electron chi connectivity index (χ0n) is 10.3. The molecule has 1 aliphatic heterocycles. The maximum atomic E-state index is 5.18. The summed E-state index contributed by atoms with van der Waals surface area (Å²) in [5.74, 6) is 1.06. The lowest BCUT2D eigenvalue weighted by atomic mass is 10.2. The normalized spacial score (nSPS) is 15.2. The van der Waals surface area contributed by atoms with Gasteiger partial charge in [0.15, 0.2) is 5.69 Å². The van der Waals surface area contributed by atoms with Gasteiger partial charge < -0.3 is 9.84 Å². The Labute approximate surface area is 113 Å². The van der Waals surface area contributed by atoms with Crippen LogP contribution in [0.15, 0.2) is 29.2 Å². The van der Waals surface area contributed by atoms with Gasteiger partial charge >= 0.3 is 0 Å².